The molecular weight excluding hydrogens is 205 g/mol. The molecule has 0 radical (unpaired) electrons. The van der Waals surface area contributed by atoms with Gasteiger partial charge >= 0.3 is 0 Å². The summed E-state index contributed by atoms with van der Waals surface area (Å²) in [7, 11) is 0. The van der Waals surface area contributed by atoms with Crippen LogP contribution >= 0.6 is 27.5 Å². The van der Waals surface area contributed by atoms with Crippen molar-refractivity contribution in [1.82, 2.24) is 4.98 Å². The van der Waals surface area contributed by atoms with Gasteiger partial charge in [-0.2, -0.15) is 0 Å². The molecule has 0 saturated carbocycles. The molecule has 0 amide bonds. The molecule has 2 nitrogen and oxygen atoms in total. The van der Waals surface area contributed by atoms with Crippen molar-refractivity contribution in [2.75, 3.05) is 0 Å². The second-order valence-electron chi connectivity index (χ2n) is 1.49. The molecule has 0 saturated heterocycles. The summed E-state index contributed by atoms with van der Waals surface area (Å²) in [5.74, 6) is 0. The van der Waals surface area contributed by atoms with E-state index < -0.39 is 0 Å². The van der Waals surface area contributed by atoms with Gasteiger partial charge in [0.25, 0.3) is 0 Å². The lowest BCUT2D eigenvalue weighted by Crippen LogP contribution is -1.99. The van der Waals surface area contributed by atoms with E-state index in [1.807, 2.05) is 0 Å². The van der Waals surface area contributed by atoms with E-state index in [1.165, 1.54) is 12.3 Å². The molecule has 1 aromatic heterocycles. The Kier molecular flexibility index (Phi) is 1.93. The van der Waals surface area contributed by atoms with Crippen LogP contribution in [0.3, 0.4) is 0 Å². The second kappa shape index (κ2) is 2.54. The summed E-state index contributed by atoms with van der Waals surface area (Å²) in [4.78, 5) is 13.3. The molecule has 0 unspecified atom stereocenters. The Labute approximate surface area is 65.0 Å². The number of nitrogens with one attached hydrogen (secondary N) is 1. The van der Waals surface area contributed by atoms with Crippen LogP contribution in [0, 0.1) is 0 Å². The first-order valence-electron chi connectivity index (χ1n) is 2.24. The third-order valence-electron chi connectivity index (χ3n) is 0.830. The van der Waals surface area contributed by atoms with E-state index in [0.717, 1.165) is 0 Å². The lowest BCUT2D eigenvalue weighted by molar-refractivity contribution is 1.28. The molecule has 1 heterocycles. The first-order valence-corrected chi connectivity index (χ1v) is 3.41. The zero-order chi connectivity index (χ0) is 6.85. The van der Waals surface area contributed by atoms with Gasteiger partial charge in [-0.05, 0) is 15.9 Å². The first-order chi connectivity index (χ1) is 4.20. The Morgan fingerprint density at radius 2 is 2.33 bits per heavy atom. The monoisotopic (exact) mass is 207 g/mol. The van der Waals surface area contributed by atoms with Crippen LogP contribution in [0.5, 0.6) is 0 Å². The molecule has 0 spiro atoms. The van der Waals surface area contributed by atoms with Gasteiger partial charge in [-0.1, -0.05) is 11.6 Å². The summed E-state index contributed by atoms with van der Waals surface area (Å²) >= 11 is 8.47. The highest BCUT2D eigenvalue weighted by Gasteiger charge is 1.92. The molecule has 4 heteroatoms. The summed E-state index contributed by atoms with van der Waals surface area (Å²) < 4.78 is 0.493. The number of aromatic nitrogens is 1. The summed E-state index contributed by atoms with van der Waals surface area (Å²) in [5, 5.41) is 0.350. The molecule has 0 aliphatic carbocycles. The highest BCUT2D eigenvalue weighted by Crippen LogP contribution is 2.03. The molecule has 0 aliphatic rings. The van der Waals surface area contributed by atoms with Gasteiger partial charge in [0, 0.05) is 12.3 Å². The Morgan fingerprint density at radius 1 is 1.67 bits per heavy atom. The Hall–Kier alpha value is -0.280. The van der Waals surface area contributed by atoms with Crippen LogP contribution in [0.2, 0.25) is 5.15 Å². The lowest BCUT2D eigenvalue weighted by atomic mass is 10.5. The Balaban J connectivity index is 3.34. The SMILES string of the molecule is O=c1cc(Cl)[nH]cc1Br. The van der Waals surface area contributed by atoms with Gasteiger partial charge in [0.15, 0.2) is 5.43 Å². The van der Waals surface area contributed by atoms with Crippen molar-refractivity contribution >= 4 is 27.5 Å². The van der Waals surface area contributed by atoms with Crippen molar-refractivity contribution in [2.24, 2.45) is 0 Å². The maximum atomic E-state index is 10.7. The van der Waals surface area contributed by atoms with E-state index in [9.17, 15) is 4.79 Å². The fourth-order valence-electron chi connectivity index (χ4n) is 0.429. The van der Waals surface area contributed by atoms with E-state index in [-0.39, 0.29) is 5.43 Å². The molecule has 0 atom stereocenters. The number of halogens is 2. The quantitative estimate of drug-likeness (QED) is 0.648. The maximum Gasteiger partial charge on any atom is 0.197 e. The van der Waals surface area contributed by atoms with Gasteiger partial charge in [0.05, 0.1) is 4.47 Å². The van der Waals surface area contributed by atoms with E-state index in [4.69, 9.17) is 11.6 Å². The van der Waals surface area contributed by atoms with Crippen LogP contribution < -0.4 is 5.43 Å². The number of hydrogen-bond acceptors (Lipinski definition) is 1. The van der Waals surface area contributed by atoms with Gasteiger partial charge in [0.2, 0.25) is 0 Å². The highest BCUT2D eigenvalue weighted by atomic mass is 79.9. The number of pyridine rings is 1. The molecule has 0 fully saturated rings. The van der Waals surface area contributed by atoms with Crippen LogP contribution in [-0.2, 0) is 0 Å². The molecule has 1 aromatic rings. The number of aromatic amines is 1. The summed E-state index contributed by atoms with van der Waals surface area (Å²) in [6.45, 7) is 0. The Bertz CT molecular complexity index is 270. The molecule has 0 aliphatic heterocycles. The van der Waals surface area contributed by atoms with Gasteiger partial charge in [-0.25, -0.2) is 0 Å². The second-order valence-corrected chi connectivity index (χ2v) is 2.75. The summed E-state index contributed by atoms with van der Waals surface area (Å²) in [6, 6.07) is 1.31. The molecular formula is C5H3BrClNO. The van der Waals surface area contributed by atoms with Crippen molar-refractivity contribution in [2.45, 2.75) is 0 Å². The fourth-order valence-corrected chi connectivity index (χ4v) is 0.812. The smallest absolute Gasteiger partial charge is 0.197 e. The average molecular weight is 208 g/mol. The minimum atomic E-state index is -0.112. The van der Waals surface area contributed by atoms with E-state index >= 15 is 0 Å². The lowest BCUT2D eigenvalue weighted by Gasteiger charge is -1.87. The highest BCUT2D eigenvalue weighted by molar-refractivity contribution is 9.10. The molecule has 1 N–H and O–H groups in total. The van der Waals surface area contributed by atoms with Crippen LogP contribution in [0.25, 0.3) is 0 Å². The van der Waals surface area contributed by atoms with Crippen molar-refractivity contribution in [3.63, 3.8) is 0 Å². The first kappa shape index (κ1) is 6.83. The standard InChI is InChI=1S/C5H3BrClNO/c6-3-2-8-5(7)1-4(3)9/h1-2H,(H,8,9). The zero-order valence-corrected chi connectivity index (χ0v) is 6.66. The molecule has 48 valence electrons. The number of hydrogen-bond donors (Lipinski definition) is 1. The average Bonchev–Trinajstić information content (AvgIpc) is 1.80. The van der Waals surface area contributed by atoms with E-state index in [0.29, 0.717) is 9.63 Å². The largest absolute Gasteiger partial charge is 0.351 e. The third kappa shape index (κ3) is 1.56. The summed E-state index contributed by atoms with van der Waals surface area (Å²) in [5.41, 5.74) is -0.112. The normalized spacial score (nSPS) is 9.56. The predicted molar refractivity (Wildman–Crippen MR) is 39.8 cm³/mol. The number of H-pyrrole nitrogens is 1. The Morgan fingerprint density at radius 3 is 2.78 bits per heavy atom. The third-order valence-corrected chi connectivity index (χ3v) is 1.67. The number of rotatable bonds is 0. The van der Waals surface area contributed by atoms with Crippen molar-refractivity contribution < 1.29 is 0 Å². The topological polar surface area (TPSA) is 32.9 Å². The van der Waals surface area contributed by atoms with Gasteiger partial charge < -0.3 is 4.98 Å². The van der Waals surface area contributed by atoms with Crippen LogP contribution in [0.15, 0.2) is 21.5 Å². The van der Waals surface area contributed by atoms with Crippen LogP contribution in [-0.4, -0.2) is 4.98 Å². The van der Waals surface area contributed by atoms with Crippen LogP contribution in [0.1, 0.15) is 0 Å². The zero-order valence-electron chi connectivity index (χ0n) is 4.32. The van der Waals surface area contributed by atoms with Gasteiger partial charge in [-0.3, -0.25) is 4.79 Å². The van der Waals surface area contributed by atoms with Crippen molar-refractivity contribution in [1.29, 1.82) is 0 Å². The van der Waals surface area contributed by atoms with Gasteiger partial charge in [0.1, 0.15) is 5.15 Å². The summed E-state index contributed by atoms with van der Waals surface area (Å²) in [6.07, 6.45) is 1.50. The van der Waals surface area contributed by atoms with Crippen molar-refractivity contribution in [3.05, 3.63) is 32.1 Å². The predicted octanol–water partition coefficient (Wildman–Crippen LogP) is 1.79. The van der Waals surface area contributed by atoms with Gasteiger partial charge in [-0.15, -0.1) is 0 Å². The maximum absolute atomic E-state index is 10.7. The fraction of sp³-hybridized carbons (Fsp3) is 0. The van der Waals surface area contributed by atoms with Crippen LogP contribution in [0.4, 0.5) is 0 Å². The molecule has 0 aromatic carbocycles. The van der Waals surface area contributed by atoms with E-state index in [1.54, 1.807) is 0 Å². The van der Waals surface area contributed by atoms with Crippen molar-refractivity contribution in [3.8, 4) is 0 Å². The minimum Gasteiger partial charge on any atom is -0.351 e. The molecule has 1 rings (SSSR count). The molecule has 9 heavy (non-hydrogen) atoms. The minimum absolute atomic E-state index is 0.112. The van der Waals surface area contributed by atoms with E-state index in [2.05, 4.69) is 20.9 Å². The molecule has 0 bridgehead atoms.